The van der Waals surface area contributed by atoms with Gasteiger partial charge in [0.15, 0.2) is 0 Å². The molecule has 0 bridgehead atoms. The Morgan fingerprint density at radius 2 is 2.56 bits per heavy atom. The molecule has 0 aromatic rings. The highest BCUT2D eigenvalue weighted by Crippen LogP contribution is 2.13. The summed E-state index contributed by atoms with van der Waals surface area (Å²) in [4.78, 5) is 4.32. The molecule has 9 heavy (non-hydrogen) atoms. The summed E-state index contributed by atoms with van der Waals surface area (Å²) in [7, 11) is 0. The van der Waals surface area contributed by atoms with Crippen molar-refractivity contribution >= 4 is 6.21 Å². The monoisotopic (exact) mass is 122 g/mol. The van der Waals surface area contributed by atoms with E-state index < -0.39 is 0 Å². The lowest BCUT2D eigenvalue weighted by Crippen LogP contribution is -2.28. The van der Waals surface area contributed by atoms with Gasteiger partial charge >= 0.3 is 0 Å². The number of nitrogens with zero attached hydrogens (tertiary/aromatic N) is 1. The molecule has 0 spiro atoms. The van der Waals surface area contributed by atoms with Crippen LogP contribution < -0.4 is 5.32 Å². The Bertz CT molecular complexity index is 142. The second kappa shape index (κ2) is 1.95. The van der Waals surface area contributed by atoms with Crippen LogP contribution in [0.4, 0.5) is 0 Å². The third kappa shape index (κ3) is 0.793. The van der Waals surface area contributed by atoms with Crippen molar-refractivity contribution in [3.8, 4) is 0 Å². The van der Waals surface area contributed by atoms with Crippen LogP contribution >= 0.6 is 0 Å². The molecule has 2 rings (SSSR count). The van der Waals surface area contributed by atoms with E-state index in [9.17, 15) is 0 Å². The lowest BCUT2D eigenvalue weighted by molar-refractivity contribution is 0.636. The zero-order valence-electron chi connectivity index (χ0n) is 5.25. The van der Waals surface area contributed by atoms with Crippen molar-refractivity contribution in [3.05, 3.63) is 12.2 Å². The normalized spacial score (nSPS) is 39.1. The van der Waals surface area contributed by atoms with Crippen molar-refractivity contribution in [1.29, 1.82) is 0 Å². The average molecular weight is 122 g/mol. The largest absolute Gasteiger partial charge is 0.309 e. The molecule has 0 amide bonds. The first-order valence-corrected chi connectivity index (χ1v) is 3.40. The summed E-state index contributed by atoms with van der Waals surface area (Å²) in [5, 5.41) is 3.36. The van der Waals surface area contributed by atoms with Crippen LogP contribution in [0.3, 0.4) is 0 Å². The minimum atomic E-state index is 0.537. The van der Waals surface area contributed by atoms with E-state index in [2.05, 4.69) is 16.4 Å². The lowest BCUT2D eigenvalue weighted by Gasteiger charge is -2.12. The first-order chi connectivity index (χ1) is 4.47. The summed E-state index contributed by atoms with van der Waals surface area (Å²) in [6.45, 7) is 1.12. The van der Waals surface area contributed by atoms with Crippen LogP contribution in [0.2, 0.25) is 0 Å². The minimum Gasteiger partial charge on any atom is -0.309 e. The summed E-state index contributed by atoms with van der Waals surface area (Å²) in [5.74, 6) is 0. The first kappa shape index (κ1) is 5.18. The minimum absolute atomic E-state index is 0.537. The van der Waals surface area contributed by atoms with E-state index in [1.165, 1.54) is 6.42 Å². The van der Waals surface area contributed by atoms with Gasteiger partial charge in [0, 0.05) is 12.3 Å². The molecule has 0 aromatic carbocycles. The zero-order chi connectivity index (χ0) is 6.10. The summed E-state index contributed by atoms with van der Waals surface area (Å²) in [6, 6.07) is 1.07. The van der Waals surface area contributed by atoms with E-state index in [0.29, 0.717) is 12.1 Å². The van der Waals surface area contributed by atoms with Gasteiger partial charge in [-0.3, -0.25) is 4.99 Å². The van der Waals surface area contributed by atoms with E-state index in [0.717, 1.165) is 6.54 Å². The summed E-state index contributed by atoms with van der Waals surface area (Å²) in [5.41, 5.74) is 0. The Balaban J connectivity index is 2.18. The van der Waals surface area contributed by atoms with Crippen LogP contribution in [0.15, 0.2) is 17.1 Å². The van der Waals surface area contributed by atoms with Gasteiger partial charge in [-0.05, 0) is 19.0 Å². The van der Waals surface area contributed by atoms with Crippen molar-refractivity contribution < 1.29 is 0 Å². The molecule has 1 saturated heterocycles. The Hall–Kier alpha value is -0.630. The van der Waals surface area contributed by atoms with Gasteiger partial charge in [0.2, 0.25) is 0 Å². The van der Waals surface area contributed by atoms with Crippen LogP contribution in [0.25, 0.3) is 0 Å². The molecule has 0 radical (unpaired) electrons. The van der Waals surface area contributed by atoms with Gasteiger partial charge in [-0.1, -0.05) is 6.08 Å². The second-order valence-corrected chi connectivity index (χ2v) is 2.52. The molecule has 0 aromatic heterocycles. The maximum Gasteiger partial charge on any atom is 0.0700 e. The van der Waals surface area contributed by atoms with Crippen molar-refractivity contribution in [2.75, 3.05) is 6.54 Å². The molecule has 2 aliphatic rings. The number of allylic oxidation sites excluding steroid dienone is 1. The third-order valence-electron chi connectivity index (χ3n) is 1.92. The summed E-state index contributed by atoms with van der Waals surface area (Å²) in [6.07, 6.45) is 7.30. The van der Waals surface area contributed by atoms with Crippen LogP contribution in [0.5, 0.6) is 0 Å². The molecule has 0 aliphatic carbocycles. The number of fused-ring (bicyclic) bond motifs is 1. The van der Waals surface area contributed by atoms with Gasteiger partial charge < -0.3 is 5.32 Å². The maximum absolute atomic E-state index is 4.32. The van der Waals surface area contributed by atoms with E-state index in [-0.39, 0.29) is 0 Å². The van der Waals surface area contributed by atoms with Gasteiger partial charge in [-0.2, -0.15) is 0 Å². The molecule has 2 unspecified atom stereocenters. The fourth-order valence-corrected chi connectivity index (χ4v) is 1.41. The summed E-state index contributed by atoms with van der Waals surface area (Å²) < 4.78 is 0. The van der Waals surface area contributed by atoms with Gasteiger partial charge in [-0.15, -0.1) is 0 Å². The lowest BCUT2D eigenvalue weighted by atomic mass is 10.1. The number of hydrogen-bond acceptors (Lipinski definition) is 2. The van der Waals surface area contributed by atoms with Crippen molar-refractivity contribution in [2.45, 2.75) is 18.5 Å². The van der Waals surface area contributed by atoms with Crippen molar-refractivity contribution in [3.63, 3.8) is 0 Å². The fourth-order valence-electron chi connectivity index (χ4n) is 1.41. The number of rotatable bonds is 0. The topological polar surface area (TPSA) is 24.4 Å². The smallest absolute Gasteiger partial charge is 0.0700 e. The predicted octanol–water partition coefficient (Wildman–Crippen LogP) is 0.357. The van der Waals surface area contributed by atoms with E-state index in [1.54, 1.807) is 0 Å². The van der Waals surface area contributed by atoms with E-state index in [1.807, 2.05) is 12.3 Å². The van der Waals surface area contributed by atoms with Gasteiger partial charge in [0.25, 0.3) is 0 Å². The molecule has 2 nitrogen and oxygen atoms in total. The molecule has 1 N–H and O–H groups in total. The number of hydrogen-bond donors (Lipinski definition) is 1. The molecule has 2 heteroatoms. The van der Waals surface area contributed by atoms with Gasteiger partial charge in [-0.25, -0.2) is 0 Å². The molecule has 0 saturated carbocycles. The van der Waals surface area contributed by atoms with E-state index >= 15 is 0 Å². The Morgan fingerprint density at radius 1 is 1.56 bits per heavy atom. The first-order valence-electron chi connectivity index (χ1n) is 3.40. The zero-order valence-corrected chi connectivity index (χ0v) is 5.25. The SMILES string of the molecule is C1=CC2NCCC2N=C1. The van der Waals surface area contributed by atoms with Crippen LogP contribution in [-0.4, -0.2) is 24.8 Å². The highest BCUT2D eigenvalue weighted by atomic mass is 15.0. The maximum atomic E-state index is 4.32. The Labute approximate surface area is 54.7 Å². The molecule has 1 fully saturated rings. The molecule has 2 heterocycles. The van der Waals surface area contributed by atoms with Gasteiger partial charge in [0.1, 0.15) is 0 Å². The number of dihydropyridines is 1. The van der Waals surface area contributed by atoms with Crippen molar-refractivity contribution in [2.24, 2.45) is 4.99 Å². The third-order valence-corrected chi connectivity index (χ3v) is 1.92. The number of aliphatic imine (C=N–C) groups is 1. The summed E-state index contributed by atoms with van der Waals surface area (Å²) >= 11 is 0. The molecular weight excluding hydrogens is 112 g/mol. The Kier molecular flexibility index (Phi) is 1.12. The molecule has 48 valence electrons. The van der Waals surface area contributed by atoms with Crippen molar-refractivity contribution in [1.82, 2.24) is 5.32 Å². The fraction of sp³-hybridized carbons (Fsp3) is 0.571. The Morgan fingerprint density at radius 3 is 3.44 bits per heavy atom. The molecule has 2 aliphatic heterocycles. The highest BCUT2D eigenvalue weighted by molar-refractivity contribution is 5.72. The van der Waals surface area contributed by atoms with E-state index in [4.69, 9.17) is 0 Å². The average Bonchev–Trinajstić information content (AvgIpc) is 2.33. The second-order valence-electron chi connectivity index (χ2n) is 2.52. The van der Waals surface area contributed by atoms with Crippen LogP contribution in [0.1, 0.15) is 6.42 Å². The molecule has 2 atom stereocenters. The van der Waals surface area contributed by atoms with Crippen LogP contribution in [0, 0.1) is 0 Å². The molecular formula is C7H10N2. The van der Waals surface area contributed by atoms with Crippen LogP contribution in [-0.2, 0) is 0 Å². The number of nitrogens with one attached hydrogen (secondary N) is 1. The predicted molar refractivity (Wildman–Crippen MR) is 37.8 cm³/mol. The highest BCUT2D eigenvalue weighted by Gasteiger charge is 2.24. The standard InChI is InChI=1S/C7H10N2/c1-2-6-7(8-4-1)3-5-9-6/h1-2,4,6-7,9H,3,5H2. The quantitative estimate of drug-likeness (QED) is 0.493. The van der Waals surface area contributed by atoms with Gasteiger partial charge in [0.05, 0.1) is 6.04 Å².